The number of benzene rings is 1. The van der Waals surface area contributed by atoms with Gasteiger partial charge in [0, 0.05) is 18.3 Å². The average molecular weight is 511 g/mol. The van der Waals surface area contributed by atoms with Gasteiger partial charge < -0.3 is 42.0 Å². The van der Waals surface area contributed by atoms with Gasteiger partial charge in [-0.25, -0.2) is 9.98 Å². The van der Waals surface area contributed by atoms with E-state index in [2.05, 4.69) is 44.8 Å². The van der Waals surface area contributed by atoms with Crippen LogP contribution in [0.5, 0.6) is 5.75 Å². The maximum atomic E-state index is 13.5. The van der Waals surface area contributed by atoms with Gasteiger partial charge in [-0.05, 0) is 17.9 Å². The number of nitrogens with one attached hydrogen (secondary N) is 2. The van der Waals surface area contributed by atoms with E-state index in [9.17, 15) is 15.0 Å². The number of para-hydroxylation sites is 1. The van der Waals surface area contributed by atoms with Gasteiger partial charge in [0.15, 0.2) is 17.6 Å². The number of fused-ring (bicyclic) bond motifs is 1. The van der Waals surface area contributed by atoms with Crippen molar-refractivity contribution < 1.29 is 19.7 Å². The van der Waals surface area contributed by atoms with Crippen LogP contribution in [-0.2, 0) is 12.0 Å². The minimum Gasteiger partial charge on any atom is -0.492 e. The van der Waals surface area contributed by atoms with Gasteiger partial charge in [-0.2, -0.15) is 0 Å². The molecule has 4 atom stereocenters. The Kier molecular flexibility index (Phi) is 4.95. The summed E-state index contributed by atoms with van der Waals surface area (Å²) in [5, 5.41) is 36.8. The molecule has 1 unspecified atom stereocenters. The lowest BCUT2D eigenvalue weighted by atomic mass is 9.79. The van der Waals surface area contributed by atoms with E-state index in [0.29, 0.717) is 17.9 Å². The molecular weight excluding hydrogens is 480 g/mol. The van der Waals surface area contributed by atoms with Gasteiger partial charge in [-0.1, -0.05) is 31.2 Å². The normalized spacial score (nSPS) is 30.7. The van der Waals surface area contributed by atoms with Gasteiger partial charge in [0.05, 0.1) is 24.9 Å². The summed E-state index contributed by atoms with van der Waals surface area (Å²) in [6, 6.07) is 2.78. The van der Waals surface area contributed by atoms with Crippen LogP contribution in [0.3, 0.4) is 0 Å². The number of hydrogen-bond donors (Lipinski definition) is 6. The molecule has 8 N–H and O–H groups in total. The zero-order valence-corrected chi connectivity index (χ0v) is 20.5. The lowest BCUT2D eigenvalue weighted by molar-refractivity contribution is -0.230. The third-order valence-electron chi connectivity index (χ3n) is 7.92. The number of nitrogens with two attached hydrogens (primary N) is 2. The van der Waals surface area contributed by atoms with Gasteiger partial charge in [-0.15, -0.1) is 5.10 Å². The molecule has 4 aliphatic heterocycles. The quantitative estimate of drug-likeness (QED) is 0.245. The van der Waals surface area contributed by atoms with Crippen molar-refractivity contribution in [2.24, 2.45) is 21.5 Å². The fourth-order valence-electron chi connectivity index (χ4n) is 5.94. The number of aromatic nitrogens is 3. The van der Waals surface area contributed by atoms with Crippen LogP contribution < -0.4 is 26.8 Å². The van der Waals surface area contributed by atoms with Crippen LogP contribution in [0.1, 0.15) is 36.2 Å². The molecule has 4 aliphatic rings. The Morgan fingerprint density at radius 2 is 2.11 bits per heavy atom. The number of guanidine groups is 2. The maximum Gasteiger partial charge on any atom is 0.255 e. The Bertz CT molecular complexity index is 1310. The number of carbonyl (C=O) groups excluding carboxylic acids is 1. The molecule has 0 saturated carbocycles. The molecule has 1 spiro atoms. The van der Waals surface area contributed by atoms with Crippen molar-refractivity contribution in [1.82, 2.24) is 30.5 Å². The van der Waals surface area contributed by atoms with Gasteiger partial charge in [-0.3, -0.25) is 9.48 Å². The second kappa shape index (κ2) is 7.79. The zero-order valence-electron chi connectivity index (χ0n) is 20.5. The molecule has 196 valence electrons. The van der Waals surface area contributed by atoms with E-state index < -0.39 is 35.5 Å². The van der Waals surface area contributed by atoms with E-state index in [1.807, 2.05) is 6.07 Å². The monoisotopic (exact) mass is 510 g/mol. The first kappa shape index (κ1) is 23.5. The van der Waals surface area contributed by atoms with Gasteiger partial charge in [0.2, 0.25) is 5.79 Å². The molecule has 1 amide bonds. The van der Waals surface area contributed by atoms with Gasteiger partial charge >= 0.3 is 0 Å². The number of amides is 1. The van der Waals surface area contributed by atoms with Crippen LogP contribution in [0.25, 0.3) is 0 Å². The Morgan fingerprint density at radius 1 is 1.30 bits per heavy atom. The summed E-state index contributed by atoms with van der Waals surface area (Å²) < 4.78 is 7.44. The number of hydrogen-bond acceptors (Lipinski definition) is 12. The number of nitrogens with zero attached hydrogens (tertiary/aromatic N) is 6. The predicted octanol–water partition coefficient (Wildman–Crippen LogP) is -2.19. The van der Waals surface area contributed by atoms with Crippen molar-refractivity contribution in [1.29, 1.82) is 0 Å². The van der Waals surface area contributed by atoms with E-state index in [1.54, 1.807) is 23.0 Å². The summed E-state index contributed by atoms with van der Waals surface area (Å²) in [5.41, 5.74) is 11.8. The van der Waals surface area contributed by atoms with E-state index >= 15 is 0 Å². The minimum atomic E-state index is -2.53. The van der Waals surface area contributed by atoms with Gasteiger partial charge in [0.1, 0.15) is 23.9 Å². The van der Waals surface area contributed by atoms with E-state index in [0.717, 1.165) is 12.0 Å². The Balaban J connectivity index is 1.33. The van der Waals surface area contributed by atoms with Crippen molar-refractivity contribution >= 4 is 17.8 Å². The molecule has 5 heterocycles. The highest BCUT2D eigenvalue weighted by Gasteiger charge is 2.73. The summed E-state index contributed by atoms with van der Waals surface area (Å²) in [7, 11) is 0. The summed E-state index contributed by atoms with van der Waals surface area (Å²) >= 11 is 0. The molecule has 14 heteroatoms. The molecule has 37 heavy (non-hydrogen) atoms. The lowest BCUT2D eigenvalue weighted by Gasteiger charge is -2.48. The fourth-order valence-corrected chi connectivity index (χ4v) is 5.94. The molecule has 1 saturated heterocycles. The number of aliphatic imine (C=N–C) groups is 2. The molecule has 6 rings (SSSR count). The largest absolute Gasteiger partial charge is 0.492 e. The summed E-state index contributed by atoms with van der Waals surface area (Å²) in [6.07, 6.45) is 4.01. The second-order valence-corrected chi connectivity index (χ2v) is 10.6. The minimum absolute atomic E-state index is 0.00991. The Morgan fingerprint density at radius 3 is 2.86 bits per heavy atom. The molecule has 1 aromatic heterocycles. The number of rotatable bonds is 4. The van der Waals surface area contributed by atoms with Crippen molar-refractivity contribution in [2.75, 3.05) is 13.2 Å². The number of aliphatic hydroxyl groups is 2. The summed E-state index contributed by atoms with van der Waals surface area (Å²) in [4.78, 5) is 24.0. The SMILES string of the molecule is CC1(C)CCOc2c(C(=O)NC3CN4C(N)=N[C@@H](Cn5ccnn5)[C@@H]5N=C(N)N[C@@]54C3(O)O)cccc21. The average Bonchev–Trinajstić information content (AvgIpc) is 3.52. The number of ether oxygens (including phenoxy) is 1. The molecule has 1 fully saturated rings. The van der Waals surface area contributed by atoms with Crippen molar-refractivity contribution in [3.05, 3.63) is 41.7 Å². The highest BCUT2D eigenvalue weighted by molar-refractivity contribution is 5.98. The first-order chi connectivity index (χ1) is 17.5. The van der Waals surface area contributed by atoms with Crippen LogP contribution in [0, 0.1) is 0 Å². The van der Waals surface area contributed by atoms with Crippen LogP contribution >= 0.6 is 0 Å². The maximum absolute atomic E-state index is 13.5. The first-order valence-corrected chi connectivity index (χ1v) is 12.1. The molecule has 14 nitrogen and oxygen atoms in total. The summed E-state index contributed by atoms with van der Waals surface area (Å²) in [5.74, 6) is -2.46. The van der Waals surface area contributed by atoms with Crippen LogP contribution in [0.15, 0.2) is 40.6 Å². The van der Waals surface area contributed by atoms with Crippen molar-refractivity contribution in [3.63, 3.8) is 0 Å². The molecule has 0 aliphatic carbocycles. The Hall–Kier alpha value is -3.91. The van der Waals surface area contributed by atoms with E-state index in [1.165, 1.54) is 11.1 Å². The summed E-state index contributed by atoms with van der Waals surface area (Å²) in [6.45, 7) is 4.88. The molecule has 0 bridgehead atoms. The zero-order chi connectivity index (χ0) is 26.2. The fraction of sp³-hybridized carbons (Fsp3) is 0.522. The molecule has 2 aromatic rings. The molecule has 0 radical (unpaired) electrons. The third kappa shape index (κ3) is 3.28. The Labute approximate surface area is 212 Å². The highest BCUT2D eigenvalue weighted by atomic mass is 16.5. The lowest BCUT2D eigenvalue weighted by Crippen LogP contribution is -2.78. The van der Waals surface area contributed by atoms with Crippen LogP contribution in [0.4, 0.5) is 0 Å². The molecular formula is C23H30N10O4. The van der Waals surface area contributed by atoms with Crippen LogP contribution in [0.2, 0.25) is 0 Å². The van der Waals surface area contributed by atoms with Crippen LogP contribution in [-0.4, -0.2) is 90.7 Å². The predicted molar refractivity (Wildman–Crippen MR) is 131 cm³/mol. The van der Waals surface area contributed by atoms with Crippen molar-refractivity contribution in [2.45, 2.75) is 61.8 Å². The highest BCUT2D eigenvalue weighted by Crippen LogP contribution is 2.45. The topological polar surface area (TPSA) is 202 Å². The smallest absolute Gasteiger partial charge is 0.255 e. The van der Waals surface area contributed by atoms with Crippen molar-refractivity contribution in [3.8, 4) is 5.75 Å². The third-order valence-corrected chi connectivity index (χ3v) is 7.92. The van der Waals surface area contributed by atoms with Gasteiger partial charge in [0.25, 0.3) is 5.91 Å². The first-order valence-electron chi connectivity index (χ1n) is 12.1. The van der Waals surface area contributed by atoms with E-state index in [4.69, 9.17) is 16.2 Å². The second-order valence-electron chi connectivity index (χ2n) is 10.6. The number of carbonyl (C=O) groups is 1. The molecule has 1 aromatic carbocycles. The van der Waals surface area contributed by atoms with E-state index in [-0.39, 0.29) is 30.4 Å². The standard InChI is InChI=1S/C23H30N10O4/c1-21(2)6-9-37-16-12(4-3-5-13(16)21)18(34)28-15-11-33-20(25)27-14(10-32-8-7-26-31-32)17-22(33,23(15,35)36)30-19(24)29-17/h3-5,7-8,14-15,17,35-36H,6,9-11H2,1-2H3,(H2,25,27)(H,28,34)(H3,24,29,30)/t14-,15?,17-,22-/m0/s1.